The number of sulfonamides is 1. The number of hydrogen-bond acceptors (Lipinski definition) is 3. The second-order valence-electron chi connectivity index (χ2n) is 6.40. The molecule has 0 heterocycles. The van der Waals surface area contributed by atoms with Crippen LogP contribution < -0.4 is 4.72 Å². The summed E-state index contributed by atoms with van der Waals surface area (Å²) in [6.45, 7) is 3.87. The van der Waals surface area contributed by atoms with E-state index in [2.05, 4.69) is 4.72 Å². The lowest BCUT2D eigenvalue weighted by Gasteiger charge is -2.20. The van der Waals surface area contributed by atoms with Gasteiger partial charge < -0.3 is 0 Å². The van der Waals surface area contributed by atoms with Crippen LogP contribution in [0, 0.1) is 13.8 Å². The number of Topliss-reactive ketones (excluding diaryl/α,β-unsaturated/α-hetero) is 1. The van der Waals surface area contributed by atoms with Crippen molar-refractivity contribution in [3.8, 4) is 0 Å². The first-order chi connectivity index (χ1) is 11.9. The van der Waals surface area contributed by atoms with E-state index in [1.54, 1.807) is 24.3 Å². The number of nitrogens with one attached hydrogen (secondary N) is 1. The number of benzene rings is 2. The van der Waals surface area contributed by atoms with Crippen molar-refractivity contribution in [3.63, 3.8) is 0 Å². The van der Waals surface area contributed by atoms with E-state index in [1.807, 2.05) is 44.2 Å². The molecule has 4 nitrogen and oxygen atoms in total. The van der Waals surface area contributed by atoms with Crippen molar-refractivity contribution >= 4 is 15.8 Å². The zero-order valence-corrected chi connectivity index (χ0v) is 15.1. The number of rotatable bonds is 5. The van der Waals surface area contributed by atoms with Gasteiger partial charge in [0, 0.05) is 12.0 Å². The van der Waals surface area contributed by atoms with Gasteiger partial charge in [-0.2, -0.15) is 4.72 Å². The molecule has 5 heteroatoms. The van der Waals surface area contributed by atoms with Crippen molar-refractivity contribution in [2.75, 3.05) is 0 Å². The lowest BCUT2D eigenvalue weighted by Crippen LogP contribution is -2.31. The smallest absolute Gasteiger partial charge is 0.241 e. The number of carbonyl (C=O) groups is 1. The summed E-state index contributed by atoms with van der Waals surface area (Å²) >= 11 is 0. The molecular formula is C20H21NO3S. The summed E-state index contributed by atoms with van der Waals surface area (Å²) in [4.78, 5) is 12.4. The van der Waals surface area contributed by atoms with Crippen molar-refractivity contribution in [2.24, 2.45) is 0 Å². The summed E-state index contributed by atoms with van der Waals surface area (Å²) < 4.78 is 28.3. The van der Waals surface area contributed by atoms with Gasteiger partial charge in [0.1, 0.15) is 0 Å². The van der Waals surface area contributed by atoms with Gasteiger partial charge in [0.2, 0.25) is 10.0 Å². The second-order valence-corrected chi connectivity index (χ2v) is 8.11. The minimum absolute atomic E-state index is 0.00261. The van der Waals surface area contributed by atoms with Crippen LogP contribution in [-0.4, -0.2) is 14.2 Å². The van der Waals surface area contributed by atoms with Gasteiger partial charge in [-0.15, -0.1) is 0 Å². The summed E-state index contributed by atoms with van der Waals surface area (Å²) in [5.74, 6) is -0.00261. The third-order valence-corrected chi connectivity index (χ3v) is 5.82. The predicted octanol–water partition coefficient (Wildman–Crippen LogP) is 3.61. The van der Waals surface area contributed by atoms with E-state index < -0.39 is 16.1 Å². The van der Waals surface area contributed by atoms with Gasteiger partial charge in [0.15, 0.2) is 5.78 Å². The fraction of sp³-hybridized carbons (Fsp3) is 0.250. The lowest BCUT2D eigenvalue weighted by atomic mass is 9.97. The zero-order chi connectivity index (χ0) is 18.0. The van der Waals surface area contributed by atoms with E-state index in [4.69, 9.17) is 0 Å². The molecule has 130 valence electrons. The summed E-state index contributed by atoms with van der Waals surface area (Å²) in [6, 6.07) is 13.6. The van der Waals surface area contributed by atoms with Gasteiger partial charge in [-0.25, -0.2) is 8.42 Å². The number of hydrogen-bond donors (Lipinski definition) is 1. The molecule has 0 saturated heterocycles. The molecule has 2 aromatic rings. The van der Waals surface area contributed by atoms with Crippen molar-refractivity contribution in [1.29, 1.82) is 0 Å². The molecule has 0 spiro atoms. The Hall–Kier alpha value is -2.24. The first-order valence-corrected chi connectivity index (χ1v) is 9.74. The maximum absolute atomic E-state index is 12.8. The van der Waals surface area contributed by atoms with Crippen LogP contribution >= 0.6 is 0 Å². The maximum atomic E-state index is 12.8. The molecule has 0 aliphatic heterocycles. The number of ketones is 1. The van der Waals surface area contributed by atoms with Crippen LogP contribution in [0.1, 0.15) is 35.6 Å². The molecule has 1 aliphatic rings. The van der Waals surface area contributed by atoms with Crippen LogP contribution in [0.2, 0.25) is 0 Å². The van der Waals surface area contributed by atoms with Crippen molar-refractivity contribution < 1.29 is 13.2 Å². The Morgan fingerprint density at radius 2 is 1.48 bits per heavy atom. The molecule has 0 fully saturated rings. The third-order valence-electron chi connectivity index (χ3n) is 4.38. The van der Waals surface area contributed by atoms with Crippen LogP contribution in [0.3, 0.4) is 0 Å². The number of carbonyl (C=O) groups excluding carboxylic acids is 1. The first kappa shape index (κ1) is 17.6. The molecular weight excluding hydrogens is 334 g/mol. The molecule has 1 aliphatic carbocycles. The minimum Gasteiger partial charge on any atom is -0.294 e. The van der Waals surface area contributed by atoms with Crippen LogP contribution in [0.5, 0.6) is 0 Å². The molecule has 3 rings (SSSR count). The Morgan fingerprint density at radius 1 is 0.920 bits per heavy atom. The minimum atomic E-state index is -3.74. The van der Waals surface area contributed by atoms with E-state index in [0.717, 1.165) is 16.7 Å². The highest BCUT2D eigenvalue weighted by molar-refractivity contribution is 7.89. The Morgan fingerprint density at radius 3 is 2.00 bits per heavy atom. The Labute approximate surface area is 148 Å². The van der Waals surface area contributed by atoms with E-state index in [1.165, 1.54) is 0 Å². The van der Waals surface area contributed by atoms with E-state index in [0.29, 0.717) is 18.4 Å². The molecule has 25 heavy (non-hydrogen) atoms. The normalized spacial score (nSPS) is 15.9. The van der Waals surface area contributed by atoms with Gasteiger partial charge in [0.25, 0.3) is 0 Å². The van der Waals surface area contributed by atoms with Gasteiger partial charge in [0.05, 0.1) is 10.9 Å². The SMILES string of the molecule is Cc1ccc(C(NS(=O)(=O)c2ccc(C)cc2)C2=CCCC2=O)cc1. The average Bonchev–Trinajstić information content (AvgIpc) is 3.00. The fourth-order valence-electron chi connectivity index (χ4n) is 2.91. The van der Waals surface area contributed by atoms with Gasteiger partial charge >= 0.3 is 0 Å². The average molecular weight is 355 g/mol. The second kappa shape index (κ2) is 6.94. The highest BCUT2D eigenvalue weighted by Gasteiger charge is 2.29. The quantitative estimate of drug-likeness (QED) is 0.891. The maximum Gasteiger partial charge on any atom is 0.241 e. The molecule has 0 aromatic heterocycles. The number of allylic oxidation sites excluding steroid dienone is 1. The summed E-state index contributed by atoms with van der Waals surface area (Å²) in [6.07, 6.45) is 2.93. The Kier molecular flexibility index (Phi) is 4.88. The van der Waals surface area contributed by atoms with Crippen LogP contribution in [0.25, 0.3) is 0 Å². The third kappa shape index (κ3) is 3.89. The van der Waals surface area contributed by atoms with Gasteiger partial charge in [-0.1, -0.05) is 53.6 Å². The van der Waals surface area contributed by atoms with Crippen LogP contribution in [0.4, 0.5) is 0 Å². The summed E-state index contributed by atoms with van der Waals surface area (Å²) in [7, 11) is -3.74. The molecule has 0 amide bonds. The molecule has 0 saturated carbocycles. The zero-order valence-electron chi connectivity index (χ0n) is 14.3. The highest BCUT2D eigenvalue weighted by Crippen LogP contribution is 2.30. The van der Waals surface area contributed by atoms with Gasteiger partial charge in [-0.05, 0) is 38.0 Å². The Balaban J connectivity index is 1.98. The van der Waals surface area contributed by atoms with E-state index >= 15 is 0 Å². The van der Waals surface area contributed by atoms with Crippen LogP contribution in [-0.2, 0) is 14.8 Å². The molecule has 0 bridgehead atoms. The summed E-state index contributed by atoms with van der Waals surface area (Å²) in [5.41, 5.74) is 3.36. The van der Waals surface area contributed by atoms with Crippen molar-refractivity contribution in [3.05, 3.63) is 76.9 Å². The van der Waals surface area contributed by atoms with Gasteiger partial charge in [-0.3, -0.25) is 4.79 Å². The predicted molar refractivity (Wildman–Crippen MR) is 97.7 cm³/mol. The molecule has 1 atom stereocenters. The topological polar surface area (TPSA) is 63.2 Å². The van der Waals surface area contributed by atoms with Crippen molar-refractivity contribution in [1.82, 2.24) is 4.72 Å². The van der Waals surface area contributed by atoms with Crippen LogP contribution in [0.15, 0.2) is 65.1 Å². The molecule has 1 N–H and O–H groups in total. The number of aryl methyl sites for hydroxylation is 2. The largest absolute Gasteiger partial charge is 0.294 e. The van der Waals surface area contributed by atoms with E-state index in [9.17, 15) is 13.2 Å². The Bertz CT molecular complexity index is 910. The van der Waals surface area contributed by atoms with E-state index in [-0.39, 0.29) is 10.7 Å². The monoisotopic (exact) mass is 355 g/mol. The first-order valence-electron chi connectivity index (χ1n) is 8.25. The fourth-order valence-corrected chi connectivity index (χ4v) is 4.11. The molecule has 1 unspecified atom stereocenters. The van der Waals surface area contributed by atoms with Crippen molar-refractivity contribution in [2.45, 2.75) is 37.6 Å². The highest BCUT2D eigenvalue weighted by atomic mass is 32.2. The molecule has 2 aromatic carbocycles. The summed E-state index contributed by atoms with van der Waals surface area (Å²) in [5, 5.41) is 0. The lowest BCUT2D eigenvalue weighted by molar-refractivity contribution is -0.115. The molecule has 0 radical (unpaired) electrons. The standard InChI is InChI=1S/C20H21NO3S/c1-14-6-10-16(11-7-14)20(18-4-3-5-19(18)22)21-25(23,24)17-12-8-15(2)9-13-17/h4,6-13,20-21H,3,5H2,1-2H3.